The maximum Gasteiger partial charge on any atom is 0.267 e. The summed E-state index contributed by atoms with van der Waals surface area (Å²) in [6, 6.07) is 2.57. The fourth-order valence-electron chi connectivity index (χ4n) is 4.57. The number of hydrogen-bond acceptors (Lipinski definition) is 5. The van der Waals surface area contributed by atoms with E-state index in [2.05, 4.69) is 5.32 Å². The zero-order chi connectivity index (χ0) is 16.8. The van der Waals surface area contributed by atoms with Gasteiger partial charge in [0.1, 0.15) is 0 Å². The first-order valence-corrected chi connectivity index (χ1v) is 10.4. The van der Waals surface area contributed by atoms with E-state index in [0.717, 1.165) is 62.2 Å². The summed E-state index contributed by atoms with van der Waals surface area (Å²) in [6.45, 7) is 0. The molecular weight excluding hydrogens is 332 g/mol. The Balaban J connectivity index is 1.24. The molecule has 132 valence electrons. The number of fused-ring (bicyclic) bond motifs is 2. The van der Waals surface area contributed by atoms with Crippen molar-refractivity contribution < 1.29 is 0 Å². The molecule has 0 amide bonds. The van der Waals surface area contributed by atoms with Crippen LogP contribution < -0.4 is 10.9 Å². The Morgan fingerprint density at radius 1 is 1.04 bits per heavy atom. The van der Waals surface area contributed by atoms with Gasteiger partial charge in [0.15, 0.2) is 5.13 Å². The minimum atomic E-state index is 0.0911. The van der Waals surface area contributed by atoms with Gasteiger partial charge in [-0.3, -0.25) is 4.79 Å². The molecule has 6 heteroatoms. The molecule has 0 aliphatic heterocycles. The van der Waals surface area contributed by atoms with E-state index in [1.165, 1.54) is 29.0 Å². The van der Waals surface area contributed by atoms with Gasteiger partial charge in [-0.15, -0.1) is 11.3 Å². The highest BCUT2D eigenvalue weighted by Crippen LogP contribution is 2.34. The van der Waals surface area contributed by atoms with E-state index in [9.17, 15) is 4.79 Å². The summed E-state index contributed by atoms with van der Waals surface area (Å²) in [5.74, 6) is 0. The van der Waals surface area contributed by atoms with E-state index in [1.54, 1.807) is 4.68 Å². The number of hydrogen-bond donors (Lipinski definition) is 1. The molecule has 0 atom stereocenters. The van der Waals surface area contributed by atoms with Gasteiger partial charge in [-0.1, -0.05) is 0 Å². The number of aryl methyl sites for hydroxylation is 4. The zero-order valence-corrected chi connectivity index (χ0v) is 15.3. The van der Waals surface area contributed by atoms with Gasteiger partial charge in [0.05, 0.1) is 17.4 Å². The third-order valence-electron chi connectivity index (χ3n) is 5.95. The molecule has 2 heterocycles. The number of nitrogens with one attached hydrogen (secondary N) is 1. The molecule has 0 aromatic carbocycles. The van der Waals surface area contributed by atoms with Crippen molar-refractivity contribution in [1.29, 1.82) is 0 Å². The first-order valence-electron chi connectivity index (χ1n) is 9.63. The van der Waals surface area contributed by atoms with Crippen LogP contribution in [0.4, 0.5) is 5.13 Å². The molecule has 2 aromatic heterocycles. The fraction of sp³-hybridized carbons (Fsp3) is 0.632. The Kier molecular flexibility index (Phi) is 3.88. The molecule has 3 aliphatic rings. The lowest BCUT2D eigenvalue weighted by atomic mass is 9.91. The van der Waals surface area contributed by atoms with Crippen LogP contribution in [-0.2, 0) is 25.7 Å². The zero-order valence-electron chi connectivity index (χ0n) is 14.5. The van der Waals surface area contributed by atoms with Crippen LogP contribution in [0.2, 0.25) is 0 Å². The summed E-state index contributed by atoms with van der Waals surface area (Å²) >= 11 is 1.84. The molecule has 3 aliphatic carbocycles. The van der Waals surface area contributed by atoms with E-state index < -0.39 is 0 Å². The topological polar surface area (TPSA) is 59.8 Å². The predicted molar refractivity (Wildman–Crippen MR) is 99.6 cm³/mol. The van der Waals surface area contributed by atoms with Gasteiger partial charge < -0.3 is 5.32 Å². The van der Waals surface area contributed by atoms with Crippen molar-refractivity contribution in [3.05, 3.63) is 38.2 Å². The van der Waals surface area contributed by atoms with Crippen LogP contribution in [0.15, 0.2) is 10.9 Å². The van der Waals surface area contributed by atoms with Crippen LogP contribution >= 0.6 is 11.3 Å². The van der Waals surface area contributed by atoms with Gasteiger partial charge in [0.2, 0.25) is 0 Å². The third-order valence-corrected chi connectivity index (χ3v) is 7.04. The summed E-state index contributed by atoms with van der Waals surface area (Å²) in [5, 5.41) is 9.43. The van der Waals surface area contributed by atoms with Crippen LogP contribution in [0.3, 0.4) is 0 Å². The lowest BCUT2D eigenvalue weighted by molar-refractivity contribution is 0.302. The van der Waals surface area contributed by atoms with Crippen molar-refractivity contribution in [2.45, 2.75) is 76.3 Å². The van der Waals surface area contributed by atoms with E-state index >= 15 is 0 Å². The second-order valence-corrected chi connectivity index (χ2v) is 8.73. The van der Waals surface area contributed by atoms with Gasteiger partial charge in [0, 0.05) is 17.0 Å². The van der Waals surface area contributed by atoms with Crippen molar-refractivity contribution in [3.63, 3.8) is 0 Å². The number of aromatic nitrogens is 3. The summed E-state index contributed by atoms with van der Waals surface area (Å²) in [6.07, 6.45) is 11.0. The lowest BCUT2D eigenvalue weighted by Gasteiger charge is -2.29. The maximum absolute atomic E-state index is 12.4. The Labute approximate surface area is 151 Å². The number of thiazole rings is 1. The van der Waals surface area contributed by atoms with Crippen LogP contribution in [0, 0.1) is 0 Å². The SMILES string of the molecule is O=c1cc2c(nn1C1CCC(Nc3nc4c(s3)CCC4)CC1)CCC2. The molecule has 1 saturated carbocycles. The minimum Gasteiger partial charge on any atom is -0.359 e. The minimum absolute atomic E-state index is 0.0911. The number of nitrogens with zero attached hydrogens (tertiary/aromatic N) is 3. The average molecular weight is 356 g/mol. The third kappa shape index (κ3) is 2.90. The maximum atomic E-state index is 12.4. The van der Waals surface area contributed by atoms with Gasteiger partial charge in [-0.2, -0.15) is 5.10 Å². The van der Waals surface area contributed by atoms with E-state index in [1.807, 2.05) is 17.4 Å². The van der Waals surface area contributed by atoms with Crippen molar-refractivity contribution in [2.24, 2.45) is 0 Å². The van der Waals surface area contributed by atoms with Crippen molar-refractivity contribution >= 4 is 16.5 Å². The van der Waals surface area contributed by atoms with Crippen molar-refractivity contribution in [3.8, 4) is 0 Å². The highest BCUT2D eigenvalue weighted by Gasteiger charge is 2.26. The highest BCUT2D eigenvalue weighted by molar-refractivity contribution is 7.15. The molecular formula is C19H24N4OS. The van der Waals surface area contributed by atoms with E-state index in [-0.39, 0.29) is 11.6 Å². The fourth-order valence-corrected chi connectivity index (χ4v) is 5.70. The molecule has 0 bridgehead atoms. The van der Waals surface area contributed by atoms with Gasteiger partial charge >= 0.3 is 0 Å². The largest absolute Gasteiger partial charge is 0.359 e. The molecule has 5 nitrogen and oxygen atoms in total. The first-order chi connectivity index (χ1) is 12.3. The second-order valence-electron chi connectivity index (χ2n) is 7.64. The molecule has 5 rings (SSSR count). The molecule has 1 N–H and O–H groups in total. The molecule has 0 saturated heterocycles. The standard InChI is InChI=1S/C19H24N4OS/c24-18-11-12-3-1-4-15(12)22-23(18)14-9-7-13(8-10-14)20-19-21-16-5-2-6-17(16)25-19/h11,13-14H,1-10H2,(H,20,21). The summed E-state index contributed by atoms with van der Waals surface area (Å²) in [5.41, 5.74) is 3.73. The smallest absolute Gasteiger partial charge is 0.267 e. The summed E-state index contributed by atoms with van der Waals surface area (Å²) in [4.78, 5) is 18.6. The molecule has 2 aromatic rings. The number of rotatable bonds is 3. The van der Waals surface area contributed by atoms with Crippen molar-refractivity contribution in [1.82, 2.24) is 14.8 Å². The lowest BCUT2D eigenvalue weighted by Crippen LogP contribution is -2.33. The molecule has 0 unspecified atom stereocenters. The first kappa shape index (κ1) is 15.6. The second kappa shape index (κ2) is 6.24. The van der Waals surface area contributed by atoms with Gasteiger partial charge in [-0.05, 0) is 69.8 Å². The Bertz CT molecular complexity index is 826. The van der Waals surface area contributed by atoms with Gasteiger partial charge in [0.25, 0.3) is 5.56 Å². The van der Waals surface area contributed by atoms with Crippen LogP contribution in [0.25, 0.3) is 0 Å². The average Bonchev–Trinajstić information content (AvgIpc) is 3.30. The molecule has 1 fully saturated rings. The molecule has 0 spiro atoms. The van der Waals surface area contributed by atoms with E-state index in [4.69, 9.17) is 10.1 Å². The Morgan fingerprint density at radius 3 is 2.68 bits per heavy atom. The van der Waals surface area contributed by atoms with Gasteiger partial charge in [-0.25, -0.2) is 9.67 Å². The van der Waals surface area contributed by atoms with Crippen LogP contribution in [0.5, 0.6) is 0 Å². The quantitative estimate of drug-likeness (QED) is 0.917. The molecule has 25 heavy (non-hydrogen) atoms. The molecule has 0 radical (unpaired) electrons. The predicted octanol–water partition coefficient (Wildman–Crippen LogP) is 3.27. The van der Waals surface area contributed by atoms with Crippen LogP contribution in [0.1, 0.15) is 66.4 Å². The van der Waals surface area contributed by atoms with E-state index in [0.29, 0.717) is 6.04 Å². The summed E-state index contributed by atoms with van der Waals surface area (Å²) in [7, 11) is 0. The normalized spacial score (nSPS) is 25.0. The Morgan fingerprint density at radius 2 is 1.84 bits per heavy atom. The highest BCUT2D eigenvalue weighted by atomic mass is 32.1. The van der Waals surface area contributed by atoms with Crippen molar-refractivity contribution in [2.75, 3.05) is 5.32 Å². The number of anilines is 1. The Hall–Kier alpha value is -1.69. The van der Waals surface area contributed by atoms with Crippen LogP contribution in [-0.4, -0.2) is 20.8 Å². The summed E-state index contributed by atoms with van der Waals surface area (Å²) < 4.78 is 1.78. The monoisotopic (exact) mass is 356 g/mol.